The van der Waals surface area contributed by atoms with Crippen molar-refractivity contribution in [2.75, 3.05) is 7.05 Å². The normalized spacial score (nSPS) is 12.5. The highest BCUT2D eigenvalue weighted by molar-refractivity contribution is 9.10. The topological polar surface area (TPSA) is 21.3 Å². The van der Waals surface area contributed by atoms with Gasteiger partial charge in [-0.15, -0.1) is 0 Å². The molecule has 112 valence electrons. The number of halogens is 1. The summed E-state index contributed by atoms with van der Waals surface area (Å²) in [5.41, 5.74) is 2.54. The van der Waals surface area contributed by atoms with Crippen LogP contribution in [-0.2, 0) is 0 Å². The van der Waals surface area contributed by atoms with Gasteiger partial charge in [0.15, 0.2) is 0 Å². The van der Waals surface area contributed by atoms with Crippen molar-refractivity contribution in [3.8, 4) is 11.5 Å². The van der Waals surface area contributed by atoms with Gasteiger partial charge in [0, 0.05) is 10.5 Å². The van der Waals surface area contributed by atoms with Crippen molar-refractivity contribution >= 4 is 15.9 Å². The van der Waals surface area contributed by atoms with E-state index in [1.165, 1.54) is 11.1 Å². The van der Waals surface area contributed by atoms with E-state index >= 15 is 0 Å². The molecule has 2 aromatic carbocycles. The van der Waals surface area contributed by atoms with E-state index in [-0.39, 0.29) is 0 Å². The van der Waals surface area contributed by atoms with E-state index in [4.69, 9.17) is 4.74 Å². The molecule has 2 nitrogen and oxygen atoms in total. The van der Waals surface area contributed by atoms with Gasteiger partial charge in [-0.05, 0) is 55.3 Å². The van der Waals surface area contributed by atoms with Crippen LogP contribution in [0.25, 0.3) is 0 Å². The van der Waals surface area contributed by atoms with Gasteiger partial charge in [-0.2, -0.15) is 0 Å². The Balaban J connectivity index is 2.14. The molecular formula is C18H22BrNO. The van der Waals surface area contributed by atoms with E-state index < -0.39 is 0 Å². The second-order valence-corrected chi connectivity index (χ2v) is 6.37. The van der Waals surface area contributed by atoms with Crippen LogP contribution in [0.3, 0.4) is 0 Å². The Labute approximate surface area is 135 Å². The van der Waals surface area contributed by atoms with Crippen LogP contribution in [0.1, 0.15) is 43.9 Å². The van der Waals surface area contributed by atoms with Crippen molar-refractivity contribution in [1.29, 1.82) is 0 Å². The molecule has 0 aliphatic heterocycles. The molecule has 1 N–H and O–H groups in total. The first-order valence-electron chi connectivity index (χ1n) is 7.25. The molecule has 0 aromatic heterocycles. The molecule has 0 spiro atoms. The largest absolute Gasteiger partial charge is 0.457 e. The molecule has 1 unspecified atom stereocenters. The molecule has 21 heavy (non-hydrogen) atoms. The van der Waals surface area contributed by atoms with Crippen molar-refractivity contribution < 1.29 is 4.74 Å². The lowest BCUT2D eigenvalue weighted by Crippen LogP contribution is -2.12. The molecule has 0 radical (unpaired) electrons. The molecule has 0 heterocycles. The molecule has 0 saturated carbocycles. The molecule has 0 aliphatic rings. The molecule has 1 atom stereocenters. The Morgan fingerprint density at radius 1 is 0.952 bits per heavy atom. The van der Waals surface area contributed by atoms with Crippen molar-refractivity contribution in [1.82, 2.24) is 5.32 Å². The van der Waals surface area contributed by atoms with Crippen molar-refractivity contribution in [3.05, 3.63) is 58.1 Å². The van der Waals surface area contributed by atoms with E-state index in [0.717, 1.165) is 16.0 Å². The lowest BCUT2D eigenvalue weighted by atomic mass is 10.0. The lowest BCUT2D eigenvalue weighted by Gasteiger charge is -2.14. The van der Waals surface area contributed by atoms with Crippen LogP contribution in [0.4, 0.5) is 0 Å². The van der Waals surface area contributed by atoms with Gasteiger partial charge < -0.3 is 10.1 Å². The van der Waals surface area contributed by atoms with Crippen molar-refractivity contribution in [3.63, 3.8) is 0 Å². The van der Waals surface area contributed by atoms with E-state index in [1.807, 2.05) is 31.3 Å². The Morgan fingerprint density at radius 3 is 2.10 bits per heavy atom. The third-order valence-corrected chi connectivity index (χ3v) is 4.34. The molecule has 0 aliphatic carbocycles. The van der Waals surface area contributed by atoms with Crippen LogP contribution in [0.5, 0.6) is 11.5 Å². The summed E-state index contributed by atoms with van der Waals surface area (Å²) < 4.78 is 6.97. The van der Waals surface area contributed by atoms with E-state index in [9.17, 15) is 0 Å². The maximum Gasteiger partial charge on any atom is 0.128 e. The average Bonchev–Trinajstić information content (AvgIpc) is 2.47. The fourth-order valence-electron chi connectivity index (χ4n) is 2.13. The van der Waals surface area contributed by atoms with Gasteiger partial charge in [-0.25, -0.2) is 0 Å². The molecule has 0 saturated heterocycles. The van der Waals surface area contributed by atoms with Gasteiger partial charge in [-0.3, -0.25) is 0 Å². The molecule has 0 fully saturated rings. The zero-order valence-electron chi connectivity index (χ0n) is 13.0. The summed E-state index contributed by atoms with van der Waals surface area (Å²) in [5.74, 6) is 2.24. The molecule has 0 amide bonds. The van der Waals surface area contributed by atoms with Crippen LogP contribution in [0.2, 0.25) is 0 Å². The van der Waals surface area contributed by atoms with Crippen molar-refractivity contribution in [2.24, 2.45) is 0 Å². The second kappa shape index (κ2) is 7.10. The third-order valence-electron chi connectivity index (χ3n) is 3.65. The van der Waals surface area contributed by atoms with Crippen LogP contribution in [0, 0.1) is 0 Å². The van der Waals surface area contributed by atoms with Gasteiger partial charge in [0.25, 0.3) is 0 Å². The quantitative estimate of drug-likeness (QED) is 0.754. The third kappa shape index (κ3) is 4.08. The zero-order valence-corrected chi connectivity index (χ0v) is 14.6. The van der Waals surface area contributed by atoms with Gasteiger partial charge >= 0.3 is 0 Å². The Kier molecular flexibility index (Phi) is 5.43. The van der Waals surface area contributed by atoms with Gasteiger partial charge in [-0.1, -0.05) is 48.0 Å². The summed E-state index contributed by atoms with van der Waals surface area (Å²) in [6.07, 6.45) is 0. The smallest absolute Gasteiger partial charge is 0.128 e. The van der Waals surface area contributed by atoms with Crippen molar-refractivity contribution in [2.45, 2.75) is 32.7 Å². The molecule has 3 heteroatoms. The maximum absolute atomic E-state index is 5.91. The summed E-state index contributed by atoms with van der Waals surface area (Å²) >= 11 is 3.61. The zero-order chi connectivity index (χ0) is 15.4. The van der Waals surface area contributed by atoms with Gasteiger partial charge in [0.2, 0.25) is 0 Å². The number of ether oxygens (including phenoxy) is 1. The molecule has 2 rings (SSSR count). The monoisotopic (exact) mass is 347 g/mol. The Morgan fingerprint density at radius 2 is 1.57 bits per heavy atom. The highest BCUT2D eigenvalue weighted by Gasteiger charge is 2.09. The number of rotatable bonds is 5. The van der Waals surface area contributed by atoms with E-state index in [1.54, 1.807) is 0 Å². The van der Waals surface area contributed by atoms with Crippen LogP contribution in [0.15, 0.2) is 46.9 Å². The highest BCUT2D eigenvalue weighted by atomic mass is 79.9. The molecular weight excluding hydrogens is 326 g/mol. The minimum atomic E-state index is 0.304. The first-order valence-corrected chi connectivity index (χ1v) is 8.05. The maximum atomic E-state index is 5.91. The fraction of sp³-hybridized carbons (Fsp3) is 0.333. The predicted octanol–water partition coefficient (Wildman–Crippen LogP) is 5.65. The summed E-state index contributed by atoms with van der Waals surface area (Å²) in [6, 6.07) is 14.7. The number of hydrogen-bond acceptors (Lipinski definition) is 2. The highest BCUT2D eigenvalue weighted by Crippen LogP contribution is 2.30. The van der Waals surface area contributed by atoms with Gasteiger partial charge in [0.1, 0.15) is 11.5 Å². The molecule has 0 bridgehead atoms. The summed E-state index contributed by atoms with van der Waals surface area (Å²) in [6.45, 7) is 6.51. The fourth-order valence-corrected chi connectivity index (χ4v) is 2.84. The summed E-state index contributed by atoms with van der Waals surface area (Å²) in [4.78, 5) is 0. The number of nitrogens with one attached hydrogen (secondary N) is 1. The summed E-state index contributed by atoms with van der Waals surface area (Å²) in [5, 5.41) is 3.24. The van der Waals surface area contributed by atoms with Crippen LogP contribution >= 0.6 is 15.9 Å². The standard InChI is InChI=1S/C18H22BrNO/c1-12(2)14-5-7-15(8-6-14)21-16-9-10-17(13(3)20-4)18(19)11-16/h5-13,20H,1-4H3. The van der Waals surface area contributed by atoms with E-state index in [0.29, 0.717) is 12.0 Å². The van der Waals surface area contributed by atoms with Crippen LogP contribution < -0.4 is 10.1 Å². The minimum Gasteiger partial charge on any atom is -0.457 e. The predicted molar refractivity (Wildman–Crippen MR) is 92.2 cm³/mol. The Hall–Kier alpha value is -1.32. The van der Waals surface area contributed by atoms with Crippen LogP contribution in [-0.4, -0.2) is 7.05 Å². The van der Waals surface area contributed by atoms with Gasteiger partial charge in [0.05, 0.1) is 0 Å². The SMILES string of the molecule is CNC(C)c1ccc(Oc2ccc(C(C)C)cc2)cc1Br. The van der Waals surface area contributed by atoms with E-state index in [2.05, 4.69) is 60.2 Å². The lowest BCUT2D eigenvalue weighted by molar-refractivity contribution is 0.481. The number of benzene rings is 2. The minimum absolute atomic E-state index is 0.304. The first kappa shape index (κ1) is 16.1. The molecule has 2 aromatic rings. The number of hydrogen-bond donors (Lipinski definition) is 1. The second-order valence-electron chi connectivity index (χ2n) is 5.52. The first-order chi connectivity index (χ1) is 10.0. The average molecular weight is 348 g/mol. The Bertz CT molecular complexity index is 593. The summed E-state index contributed by atoms with van der Waals surface area (Å²) in [7, 11) is 1.96.